The van der Waals surface area contributed by atoms with Crippen LogP contribution in [0.3, 0.4) is 0 Å². The average molecular weight is 466 g/mol. The normalized spacial score (nSPS) is 10.9. The number of aryl methyl sites for hydroxylation is 1. The van der Waals surface area contributed by atoms with Crippen LogP contribution in [0.2, 0.25) is 5.02 Å². The number of nitro benzene ring substituents is 1. The first-order valence-corrected chi connectivity index (χ1v) is 10.1. The smallest absolute Gasteiger partial charge is 0.272 e. The molecular formula is C24H20ClN3O5. The van der Waals surface area contributed by atoms with Gasteiger partial charge in [0.15, 0.2) is 0 Å². The molecule has 3 rings (SSSR count). The number of rotatable bonds is 7. The maximum Gasteiger partial charge on any atom is 0.272 e. The molecule has 2 N–H and O–H groups in total. The fraction of sp³-hybridized carbons (Fsp3) is 0.0833. The zero-order chi connectivity index (χ0) is 24.0. The first-order valence-electron chi connectivity index (χ1n) is 9.76. The molecular weight excluding hydrogens is 446 g/mol. The van der Waals surface area contributed by atoms with E-state index in [0.717, 1.165) is 5.56 Å². The van der Waals surface area contributed by atoms with Crippen molar-refractivity contribution in [3.05, 3.63) is 104 Å². The first kappa shape index (κ1) is 23.5. The molecule has 3 aromatic rings. The number of carbonyl (C=O) groups excluding carboxylic acids is 2. The molecule has 0 saturated heterocycles. The van der Waals surface area contributed by atoms with Gasteiger partial charge in [-0.05, 0) is 54.5 Å². The molecule has 0 spiro atoms. The molecule has 0 aliphatic carbocycles. The third-order valence-electron chi connectivity index (χ3n) is 4.58. The van der Waals surface area contributed by atoms with Gasteiger partial charge < -0.3 is 15.4 Å². The van der Waals surface area contributed by atoms with Crippen LogP contribution in [-0.4, -0.2) is 23.8 Å². The number of ether oxygens (including phenoxy) is 1. The molecule has 0 bridgehead atoms. The highest BCUT2D eigenvalue weighted by atomic mass is 35.5. The highest BCUT2D eigenvalue weighted by Gasteiger charge is 2.18. The Morgan fingerprint density at radius 2 is 1.82 bits per heavy atom. The van der Waals surface area contributed by atoms with Gasteiger partial charge in [-0.25, -0.2) is 0 Å². The molecule has 9 heteroatoms. The number of non-ortho nitro benzene ring substituents is 1. The number of halogens is 1. The van der Waals surface area contributed by atoms with Gasteiger partial charge in [-0.3, -0.25) is 19.7 Å². The summed E-state index contributed by atoms with van der Waals surface area (Å²) >= 11 is 6.19. The van der Waals surface area contributed by atoms with E-state index < -0.39 is 16.7 Å². The summed E-state index contributed by atoms with van der Waals surface area (Å²) in [5.41, 5.74) is 1.69. The fourth-order valence-electron chi connectivity index (χ4n) is 2.97. The minimum atomic E-state index is -0.626. The molecule has 8 nitrogen and oxygen atoms in total. The number of nitrogens with one attached hydrogen (secondary N) is 2. The van der Waals surface area contributed by atoms with E-state index in [1.807, 2.05) is 13.0 Å². The van der Waals surface area contributed by atoms with Gasteiger partial charge in [0, 0.05) is 17.8 Å². The molecule has 33 heavy (non-hydrogen) atoms. The summed E-state index contributed by atoms with van der Waals surface area (Å²) in [7, 11) is 1.47. The van der Waals surface area contributed by atoms with Gasteiger partial charge in [0.1, 0.15) is 11.4 Å². The van der Waals surface area contributed by atoms with E-state index in [2.05, 4.69) is 10.6 Å². The summed E-state index contributed by atoms with van der Waals surface area (Å²) in [6.07, 6.45) is 1.35. The van der Waals surface area contributed by atoms with Crippen molar-refractivity contribution in [2.24, 2.45) is 0 Å². The Labute approximate surface area is 195 Å². The van der Waals surface area contributed by atoms with Crippen molar-refractivity contribution in [1.82, 2.24) is 5.32 Å². The Bertz CT molecular complexity index is 1260. The van der Waals surface area contributed by atoms with Gasteiger partial charge >= 0.3 is 0 Å². The molecule has 2 amide bonds. The first-order chi connectivity index (χ1) is 15.8. The average Bonchev–Trinajstić information content (AvgIpc) is 2.78. The second-order valence-corrected chi connectivity index (χ2v) is 7.44. The Kier molecular flexibility index (Phi) is 7.42. The lowest BCUT2D eigenvalue weighted by molar-refractivity contribution is -0.384. The minimum absolute atomic E-state index is 0.117. The van der Waals surface area contributed by atoms with Crippen molar-refractivity contribution < 1.29 is 19.2 Å². The molecule has 0 aromatic heterocycles. The van der Waals surface area contributed by atoms with E-state index >= 15 is 0 Å². The third-order valence-corrected chi connectivity index (χ3v) is 4.89. The van der Waals surface area contributed by atoms with Crippen molar-refractivity contribution in [2.45, 2.75) is 6.92 Å². The molecule has 0 fully saturated rings. The van der Waals surface area contributed by atoms with Crippen molar-refractivity contribution >= 4 is 40.9 Å². The van der Waals surface area contributed by atoms with E-state index in [1.165, 1.54) is 43.5 Å². The van der Waals surface area contributed by atoms with Gasteiger partial charge in [0.2, 0.25) is 0 Å². The number of nitro groups is 1. The molecule has 0 radical (unpaired) electrons. The van der Waals surface area contributed by atoms with Gasteiger partial charge in [-0.2, -0.15) is 0 Å². The monoisotopic (exact) mass is 465 g/mol. The number of carbonyl (C=O) groups is 2. The minimum Gasteiger partial charge on any atom is -0.497 e. The summed E-state index contributed by atoms with van der Waals surface area (Å²) in [5.74, 6) is -0.759. The largest absolute Gasteiger partial charge is 0.497 e. The zero-order valence-electron chi connectivity index (χ0n) is 17.8. The highest BCUT2D eigenvalue weighted by Crippen LogP contribution is 2.23. The lowest BCUT2D eigenvalue weighted by Gasteiger charge is -2.13. The number of hydrogen-bond donors (Lipinski definition) is 2. The van der Waals surface area contributed by atoms with Crippen molar-refractivity contribution in [2.75, 3.05) is 12.4 Å². The van der Waals surface area contributed by atoms with E-state index in [-0.39, 0.29) is 22.0 Å². The number of nitrogens with zero attached hydrogens (tertiary/aromatic N) is 1. The van der Waals surface area contributed by atoms with Gasteiger partial charge in [0.05, 0.1) is 22.6 Å². The van der Waals surface area contributed by atoms with Crippen LogP contribution in [0.1, 0.15) is 21.5 Å². The predicted molar refractivity (Wildman–Crippen MR) is 126 cm³/mol. The number of anilines is 1. The molecule has 0 atom stereocenters. The summed E-state index contributed by atoms with van der Waals surface area (Å²) in [5, 5.41) is 16.5. The zero-order valence-corrected chi connectivity index (χ0v) is 18.6. The Hall–Kier alpha value is -4.17. The summed E-state index contributed by atoms with van der Waals surface area (Å²) in [4.78, 5) is 36.5. The van der Waals surface area contributed by atoms with Crippen molar-refractivity contribution in [3.63, 3.8) is 0 Å². The van der Waals surface area contributed by atoms with E-state index in [1.54, 1.807) is 30.3 Å². The Morgan fingerprint density at radius 3 is 2.48 bits per heavy atom. The molecule has 168 valence electrons. The van der Waals surface area contributed by atoms with Crippen LogP contribution in [0.25, 0.3) is 6.08 Å². The maximum absolute atomic E-state index is 13.0. The van der Waals surface area contributed by atoms with Crippen LogP contribution in [0.4, 0.5) is 11.4 Å². The lowest BCUT2D eigenvalue weighted by Crippen LogP contribution is -2.31. The van der Waals surface area contributed by atoms with Crippen LogP contribution in [-0.2, 0) is 4.79 Å². The quantitative estimate of drug-likeness (QED) is 0.290. The molecule has 0 saturated carbocycles. The van der Waals surface area contributed by atoms with Gasteiger partial charge in [-0.15, -0.1) is 0 Å². The molecule has 0 heterocycles. The highest BCUT2D eigenvalue weighted by molar-refractivity contribution is 6.34. The summed E-state index contributed by atoms with van der Waals surface area (Å²) in [6.45, 7) is 1.88. The summed E-state index contributed by atoms with van der Waals surface area (Å²) < 4.78 is 5.09. The van der Waals surface area contributed by atoms with Crippen LogP contribution >= 0.6 is 11.6 Å². The molecule has 0 aliphatic heterocycles. The van der Waals surface area contributed by atoms with E-state index in [9.17, 15) is 19.7 Å². The van der Waals surface area contributed by atoms with Crippen LogP contribution in [0.5, 0.6) is 5.75 Å². The Balaban J connectivity index is 1.95. The predicted octanol–water partition coefficient (Wildman–Crippen LogP) is 4.97. The second-order valence-electron chi connectivity index (χ2n) is 7.03. The van der Waals surface area contributed by atoms with Gasteiger partial charge in [0.25, 0.3) is 17.5 Å². The van der Waals surface area contributed by atoms with Crippen LogP contribution < -0.4 is 15.4 Å². The molecule has 3 aromatic carbocycles. The lowest BCUT2D eigenvalue weighted by atomic mass is 10.1. The molecule has 0 aliphatic rings. The Morgan fingerprint density at radius 1 is 1.06 bits per heavy atom. The van der Waals surface area contributed by atoms with Crippen molar-refractivity contribution in [3.8, 4) is 5.75 Å². The standard InChI is InChI=1S/C24H20ClN3O5/c1-15-5-3-7-17(11-15)26-24(30)22(13-16-6-4-8-18(12-16)28(31)32)27-23(29)20-10-9-19(33-2)14-21(20)25/h3-14H,1-2H3,(H,26,30)(H,27,29)/b22-13+. The second kappa shape index (κ2) is 10.4. The van der Waals surface area contributed by atoms with Crippen molar-refractivity contribution in [1.29, 1.82) is 0 Å². The maximum atomic E-state index is 13.0. The van der Waals surface area contributed by atoms with Crippen LogP contribution in [0.15, 0.2) is 72.4 Å². The topological polar surface area (TPSA) is 111 Å². The number of amides is 2. The van der Waals surface area contributed by atoms with Gasteiger partial charge in [-0.1, -0.05) is 35.9 Å². The van der Waals surface area contributed by atoms with Crippen LogP contribution in [0, 0.1) is 17.0 Å². The number of hydrogen-bond acceptors (Lipinski definition) is 5. The number of methoxy groups -OCH3 is 1. The number of benzene rings is 3. The summed E-state index contributed by atoms with van der Waals surface area (Å²) in [6, 6.07) is 17.4. The van der Waals surface area contributed by atoms with E-state index in [0.29, 0.717) is 17.0 Å². The molecule has 0 unspecified atom stereocenters. The SMILES string of the molecule is COc1ccc(C(=O)N/C(=C/c2cccc([N+](=O)[O-])c2)C(=O)Nc2cccc(C)c2)c(Cl)c1. The fourth-order valence-corrected chi connectivity index (χ4v) is 3.23. The van der Waals surface area contributed by atoms with E-state index in [4.69, 9.17) is 16.3 Å². The third kappa shape index (κ3) is 6.18.